The van der Waals surface area contributed by atoms with Crippen LogP contribution >= 0.6 is 0 Å². The summed E-state index contributed by atoms with van der Waals surface area (Å²) >= 11 is 0. The number of para-hydroxylation sites is 2. The van der Waals surface area contributed by atoms with Gasteiger partial charge in [-0.05, 0) is 31.9 Å². The maximum atomic E-state index is 13.3. The highest BCUT2D eigenvalue weighted by atomic mass is 16.2. The number of aromatic amines is 1. The van der Waals surface area contributed by atoms with E-state index < -0.39 is 11.2 Å². The number of fused-ring (bicyclic) bond motifs is 1. The fourth-order valence-electron chi connectivity index (χ4n) is 4.10. The minimum atomic E-state index is -0.686. The number of hydrogen-bond donors (Lipinski definition) is 2. The Morgan fingerprint density at radius 3 is 2.24 bits per heavy atom. The summed E-state index contributed by atoms with van der Waals surface area (Å²) in [7, 11) is 0. The van der Waals surface area contributed by atoms with Crippen molar-refractivity contribution >= 4 is 28.4 Å². The molecule has 0 radical (unpaired) electrons. The van der Waals surface area contributed by atoms with Gasteiger partial charge in [-0.25, -0.2) is 9.59 Å². The van der Waals surface area contributed by atoms with Gasteiger partial charge < -0.3 is 10.6 Å². The molecule has 2 heterocycles. The van der Waals surface area contributed by atoms with Gasteiger partial charge in [-0.3, -0.25) is 28.3 Å². The van der Waals surface area contributed by atoms with Gasteiger partial charge in [0.15, 0.2) is 5.69 Å². The molecule has 3 aromatic rings. The second-order valence-electron chi connectivity index (χ2n) is 7.96. The number of carbonyl (C=O) groups is 1. The molecule has 0 spiro atoms. The number of nitrogens with two attached hydrogens (primary N) is 1. The van der Waals surface area contributed by atoms with Crippen molar-refractivity contribution in [1.29, 1.82) is 0 Å². The summed E-state index contributed by atoms with van der Waals surface area (Å²) < 4.78 is 4.53. The summed E-state index contributed by atoms with van der Waals surface area (Å²) in [5.74, 6) is -0.350. The maximum absolute atomic E-state index is 13.3. The van der Waals surface area contributed by atoms with Crippen LogP contribution < -0.4 is 27.6 Å². The van der Waals surface area contributed by atoms with Crippen molar-refractivity contribution in [2.24, 2.45) is 0 Å². The van der Waals surface area contributed by atoms with Crippen LogP contribution in [0, 0.1) is 0 Å². The average molecular weight is 457 g/mol. The Morgan fingerprint density at radius 1 is 0.970 bits per heavy atom. The first kappa shape index (κ1) is 24.1. The zero-order valence-corrected chi connectivity index (χ0v) is 19.5. The lowest BCUT2D eigenvalue weighted by Gasteiger charge is -2.24. The molecule has 0 saturated carbocycles. The number of hydrogen-bond acceptors (Lipinski definition) is 5. The summed E-state index contributed by atoms with van der Waals surface area (Å²) in [6.45, 7) is 7.08. The molecule has 0 atom stereocenters. The quantitative estimate of drug-likeness (QED) is 0.481. The molecule has 3 N–H and O–H groups in total. The van der Waals surface area contributed by atoms with Crippen LogP contribution in [0.3, 0.4) is 0 Å². The second kappa shape index (κ2) is 10.4. The van der Waals surface area contributed by atoms with Gasteiger partial charge in [0.05, 0.1) is 11.0 Å². The van der Waals surface area contributed by atoms with Crippen LogP contribution in [0.2, 0.25) is 0 Å². The van der Waals surface area contributed by atoms with Crippen LogP contribution in [0.15, 0.2) is 38.6 Å². The summed E-state index contributed by atoms with van der Waals surface area (Å²) in [5, 5.41) is 0. The SMILES string of the molecule is CCCCN(C(=O)CCn1c(=O)n(CC)c2ccccc21)c1c(N)n(CCC)c(=O)[nH]c1=O. The number of aromatic nitrogens is 4. The number of nitrogens with one attached hydrogen (secondary N) is 1. The van der Waals surface area contributed by atoms with E-state index in [9.17, 15) is 19.2 Å². The molecule has 1 amide bonds. The lowest BCUT2D eigenvalue weighted by Crippen LogP contribution is -2.42. The largest absolute Gasteiger partial charge is 0.383 e. The molecule has 10 nitrogen and oxygen atoms in total. The van der Waals surface area contributed by atoms with Crippen LogP contribution in [0.1, 0.15) is 46.5 Å². The van der Waals surface area contributed by atoms with Crippen LogP contribution in [0.25, 0.3) is 11.0 Å². The van der Waals surface area contributed by atoms with Crippen LogP contribution in [0.4, 0.5) is 11.5 Å². The molecule has 0 aliphatic carbocycles. The zero-order valence-electron chi connectivity index (χ0n) is 19.5. The van der Waals surface area contributed by atoms with Crippen LogP contribution in [0.5, 0.6) is 0 Å². The minimum Gasteiger partial charge on any atom is -0.383 e. The van der Waals surface area contributed by atoms with Crippen molar-refractivity contribution in [2.75, 3.05) is 17.2 Å². The number of nitrogen functional groups attached to an aromatic ring is 1. The smallest absolute Gasteiger partial charge is 0.330 e. The van der Waals surface area contributed by atoms with Gasteiger partial charge >= 0.3 is 11.4 Å². The zero-order chi connectivity index (χ0) is 24.1. The van der Waals surface area contributed by atoms with Crippen molar-refractivity contribution in [1.82, 2.24) is 18.7 Å². The number of carbonyl (C=O) groups excluding carboxylic acids is 1. The number of rotatable bonds is 10. The van der Waals surface area contributed by atoms with Crippen molar-refractivity contribution in [2.45, 2.75) is 66.1 Å². The van der Waals surface area contributed by atoms with E-state index in [2.05, 4.69) is 4.98 Å². The number of imidazole rings is 1. The first-order chi connectivity index (χ1) is 15.8. The van der Waals surface area contributed by atoms with E-state index in [1.807, 2.05) is 45.0 Å². The monoisotopic (exact) mass is 456 g/mol. The van der Waals surface area contributed by atoms with Gasteiger partial charge in [0.1, 0.15) is 5.82 Å². The van der Waals surface area contributed by atoms with Crippen molar-refractivity contribution in [3.8, 4) is 0 Å². The molecule has 0 saturated heterocycles. The van der Waals surface area contributed by atoms with E-state index >= 15 is 0 Å². The third kappa shape index (κ3) is 4.64. The number of nitrogens with zero attached hydrogens (tertiary/aromatic N) is 4. The normalized spacial score (nSPS) is 11.2. The highest BCUT2D eigenvalue weighted by Crippen LogP contribution is 2.20. The van der Waals surface area contributed by atoms with Crippen molar-refractivity contribution < 1.29 is 4.79 Å². The molecule has 0 unspecified atom stereocenters. The molecule has 0 bridgehead atoms. The van der Waals surface area contributed by atoms with Gasteiger partial charge in [-0.15, -0.1) is 0 Å². The molecule has 0 aliphatic rings. The molecule has 0 aliphatic heterocycles. The van der Waals surface area contributed by atoms with E-state index in [4.69, 9.17) is 5.73 Å². The lowest BCUT2D eigenvalue weighted by atomic mass is 10.2. The predicted octanol–water partition coefficient (Wildman–Crippen LogP) is 1.89. The number of unbranched alkanes of at least 4 members (excludes halogenated alkanes) is 1. The van der Waals surface area contributed by atoms with E-state index in [0.717, 1.165) is 17.5 Å². The second-order valence-corrected chi connectivity index (χ2v) is 7.96. The standard InChI is InChI=1S/C23H32N6O4/c1-4-7-14-28(19-20(24)29(13-5-2)22(32)25-21(19)31)18(30)12-15-27-17-11-9-8-10-16(17)26(6-3)23(27)33/h8-11H,4-7,12-15,24H2,1-3H3,(H,25,31,32). The number of aryl methyl sites for hydroxylation is 2. The summed E-state index contributed by atoms with van der Waals surface area (Å²) in [4.78, 5) is 54.7. The van der Waals surface area contributed by atoms with Gasteiger partial charge in [0.2, 0.25) is 5.91 Å². The molecule has 33 heavy (non-hydrogen) atoms. The summed E-state index contributed by atoms with van der Waals surface area (Å²) in [6.07, 6.45) is 2.11. The Balaban J connectivity index is 1.97. The number of benzene rings is 1. The van der Waals surface area contributed by atoms with Crippen LogP contribution in [-0.4, -0.2) is 31.1 Å². The molecule has 0 fully saturated rings. The number of anilines is 2. The first-order valence-electron chi connectivity index (χ1n) is 11.5. The molecular formula is C23H32N6O4. The summed E-state index contributed by atoms with van der Waals surface area (Å²) in [6, 6.07) is 7.45. The Hall–Kier alpha value is -3.56. The fraction of sp³-hybridized carbons (Fsp3) is 0.478. The van der Waals surface area contributed by atoms with Gasteiger partial charge in [0.25, 0.3) is 5.56 Å². The van der Waals surface area contributed by atoms with E-state index in [1.165, 1.54) is 9.47 Å². The average Bonchev–Trinajstić information content (AvgIpc) is 3.07. The van der Waals surface area contributed by atoms with E-state index in [1.54, 1.807) is 9.13 Å². The summed E-state index contributed by atoms with van der Waals surface area (Å²) in [5.41, 5.74) is 6.30. The van der Waals surface area contributed by atoms with Crippen LogP contribution in [-0.2, 0) is 24.4 Å². The highest BCUT2D eigenvalue weighted by Gasteiger charge is 2.24. The van der Waals surface area contributed by atoms with Crippen molar-refractivity contribution in [3.05, 3.63) is 55.6 Å². The predicted molar refractivity (Wildman–Crippen MR) is 130 cm³/mol. The van der Waals surface area contributed by atoms with Gasteiger partial charge in [-0.1, -0.05) is 32.4 Å². The van der Waals surface area contributed by atoms with Gasteiger partial charge in [-0.2, -0.15) is 0 Å². The highest BCUT2D eigenvalue weighted by molar-refractivity contribution is 5.95. The molecule has 1 aromatic carbocycles. The number of H-pyrrole nitrogens is 1. The molecule has 2 aromatic heterocycles. The third-order valence-electron chi connectivity index (χ3n) is 5.76. The maximum Gasteiger partial charge on any atom is 0.330 e. The topological polar surface area (TPSA) is 128 Å². The first-order valence-corrected chi connectivity index (χ1v) is 11.5. The lowest BCUT2D eigenvalue weighted by molar-refractivity contribution is -0.118. The molecule has 3 rings (SSSR count). The Kier molecular flexibility index (Phi) is 7.57. The van der Waals surface area contributed by atoms with Crippen molar-refractivity contribution in [3.63, 3.8) is 0 Å². The number of amides is 1. The Labute approximate surface area is 191 Å². The minimum absolute atomic E-state index is 0.00707. The van der Waals surface area contributed by atoms with E-state index in [-0.39, 0.29) is 36.1 Å². The van der Waals surface area contributed by atoms with E-state index in [0.29, 0.717) is 32.5 Å². The third-order valence-corrected chi connectivity index (χ3v) is 5.76. The fourth-order valence-corrected chi connectivity index (χ4v) is 4.10. The van der Waals surface area contributed by atoms with Gasteiger partial charge in [0, 0.05) is 32.6 Å². The molecule has 178 valence electrons. The Morgan fingerprint density at radius 2 is 1.64 bits per heavy atom. The molecule has 10 heteroatoms. The Bertz CT molecular complexity index is 1310. The molecular weight excluding hydrogens is 424 g/mol.